The Morgan fingerprint density at radius 2 is 1.69 bits per heavy atom. The average Bonchev–Trinajstić information content (AvgIpc) is 2.00. The molecule has 0 saturated carbocycles. The van der Waals surface area contributed by atoms with Crippen LogP contribution in [0.2, 0.25) is 0 Å². The molecule has 9 nitrogen and oxygen atoms in total. The van der Waals surface area contributed by atoms with E-state index < -0.39 is 27.6 Å². The summed E-state index contributed by atoms with van der Waals surface area (Å²) in [5, 5.41) is 37.2. The maximum Gasteiger partial charge on any atom is 0.491 e. The summed E-state index contributed by atoms with van der Waals surface area (Å²) in [6, 6.07) is 0. The lowest BCUT2D eigenvalue weighted by Gasteiger charge is -2.14. The van der Waals surface area contributed by atoms with Gasteiger partial charge in [0.25, 0.3) is 6.10 Å². The summed E-state index contributed by atoms with van der Waals surface area (Å²) < 4.78 is 0. The first-order valence-corrected chi connectivity index (χ1v) is 2.94. The van der Waals surface area contributed by atoms with Crippen molar-refractivity contribution in [1.82, 2.24) is 0 Å². The number of aliphatic hydroxyl groups excluding tert-OH is 1. The van der Waals surface area contributed by atoms with Gasteiger partial charge in [0.1, 0.15) is 9.85 Å². The van der Waals surface area contributed by atoms with Gasteiger partial charge in [0, 0.05) is 0 Å². The number of carboxylic acid groups (broad SMARTS) is 1. The van der Waals surface area contributed by atoms with Crippen LogP contribution in [0, 0.1) is 20.2 Å². The maximum atomic E-state index is 10.1. The summed E-state index contributed by atoms with van der Waals surface area (Å²) in [5.74, 6) is -2.02. The second kappa shape index (κ2) is 3.31. The third-order valence-corrected chi connectivity index (χ3v) is 1.49. The molecule has 1 unspecified atom stereocenters. The quantitative estimate of drug-likeness (QED) is 0.321. The Morgan fingerprint density at radius 1 is 1.38 bits per heavy atom. The van der Waals surface area contributed by atoms with Crippen molar-refractivity contribution in [1.29, 1.82) is 0 Å². The first-order chi connectivity index (χ1) is 5.74. The number of carbonyl (C=O) groups is 1. The fraction of sp³-hybridized carbons (Fsp3) is 0.750. The number of hydrogen-bond donors (Lipinski definition) is 2. The highest BCUT2D eigenvalue weighted by atomic mass is 16.7. The van der Waals surface area contributed by atoms with Gasteiger partial charge in [0.05, 0.1) is 6.92 Å². The van der Waals surface area contributed by atoms with Gasteiger partial charge in [0.2, 0.25) is 0 Å². The molecule has 0 aliphatic carbocycles. The van der Waals surface area contributed by atoms with E-state index in [0.717, 1.165) is 0 Å². The van der Waals surface area contributed by atoms with Gasteiger partial charge in [-0.3, -0.25) is 20.2 Å². The van der Waals surface area contributed by atoms with E-state index in [9.17, 15) is 25.0 Å². The Kier molecular flexibility index (Phi) is 2.86. The van der Waals surface area contributed by atoms with Gasteiger partial charge in [-0.1, -0.05) is 0 Å². The summed E-state index contributed by atoms with van der Waals surface area (Å²) in [5.41, 5.74) is -3.12. The van der Waals surface area contributed by atoms with Crippen molar-refractivity contribution in [2.45, 2.75) is 18.7 Å². The minimum atomic E-state index is -3.12. The summed E-state index contributed by atoms with van der Waals surface area (Å²) in [6.07, 6.45) is -2.68. The molecule has 1 atom stereocenters. The number of nitrogens with zero attached hydrogens (tertiary/aromatic N) is 2. The zero-order chi connectivity index (χ0) is 10.8. The maximum absolute atomic E-state index is 10.1. The van der Waals surface area contributed by atoms with E-state index >= 15 is 0 Å². The zero-order valence-corrected chi connectivity index (χ0v) is 6.41. The number of rotatable bonds is 4. The summed E-state index contributed by atoms with van der Waals surface area (Å²) in [6.45, 7) is 0.422. The minimum Gasteiger partial charge on any atom is -0.479 e. The van der Waals surface area contributed by atoms with E-state index in [2.05, 4.69) is 0 Å². The van der Waals surface area contributed by atoms with Crippen molar-refractivity contribution in [3.05, 3.63) is 20.2 Å². The molecule has 0 saturated heterocycles. The Labute approximate surface area is 70.9 Å². The topological polar surface area (TPSA) is 144 Å². The molecule has 0 heterocycles. The molecule has 0 aromatic rings. The van der Waals surface area contributed by atoms with Crippen molar-refractivity contribution in [2.24, 2.45) is 0 Å². The minimum absolute atomic E-state index is 0.422. The number of aliphatic hydroxyl groups is 1. The molecule has 0 aromatic carbocycles. The second-order valence-electron chi connectivity index (χ2n) is 2.35. The predicted molar refractivity (Wildman–Crippen MR) is 36.0 cm³/mol. The van der Waals surface area contributed by atoms with E-state index in [1.54, 1.807) is 0 Å². The average molecular weight is 194 g/mol. The third-order valence-electron chi connectivity index (χ3n) is 1.49. The first kappa shape index (κ1) is 11.2. The van der Waals surface area contributed by atoms with E-state index in [1.165, 1.54) is 0 Å². The molecule has 0 aromatic heterocycles. The predicted octanol–water partition coefficient (Wildman–Crippen LogP) is -1.30. The van der Waals surface area contributed by atoms with Crippen LogP contribution in [0.1, 0.15) is 6.92 Å². The lowest BCUT2D eigenvalue weighted by molar-refractivity contribution is -0.799. The normalized spacial score (nSPS) is 13.4. The van der Waals surface area contributed by atoms with Gasteiger partial charge in [-0.2, -0.15) is 0 Å². The lowest BCUT2D eigenvalue weighted by atomic mass is 10.1. The first-order valence-electron chi connectivity index (χ1n) is 2.94. The molecular formula is C4H6N2O7. The van der Waals surface area contributed by atoms with E-state index in [0.29, 0.717) is 6.92 Å². The molecule has 0 aliphatic rings. The highest BCUT2D eigenvalue weighted by Crippen LogP contribution is 2.15. The number of carboxylic acids is 1. The number of nitro groups is 2. The van der Waals surface area contributed by atoms with Gasteiger partial charge in [-0.25, -0.2) is 4.79 Å². The molecule has 0 rings (SSSR count). The fourth-order valence-electron chi connectivity index (χ4n) is 0.500. The Bertz CT molecular complexity index is 247. The van der Waals surface area contributed by atoms with Gasteiger partial charge in [-0.15, -0.1) is 0 Å². The third kappa shape index (κ3) is 1.69. The van der Waals surface area contributed by atoms with Crippen molar-refractivity contribution in [2.75, 3.05) is 0 Å². The molecule has 2 N–H and O–H groups in total. The van der Waals surface area contributed by atoms with Crippen LogP contribution in [-0.4, -0.2) is 37.8 Å². The van der Waals surface area contributed by atoms with Crippen LogP contribution in [0.3, 0.4) is 0 Å². The smallest absolute Gasteiger partial charge is 0.479 e. The standard InChI is InChI=1S/C4H6N2O7/c1-4(5(10)11,6(12)13)2(7)3(8)9/h2,7H,1H3,(H,8,9). The molecular weight excluding hydrogens is 188 g/mol. The summed E-state index contributed by atoms with van der Waals surface area (Å²) in [7, 11) is 0. The van der Waals surface area contributed by atoms with E-state index in [-0.39, 0.29) is 0 Å². The summed E-state index contributed by atoms with van der Waals surface area (Å²) >= 11 is 0. The zero-order valence-electron chi connectivity index (χ0n) is 6.41. The van der Waals surface area contributed by atoms with Crippen LogP contribution in [-0.2, 0) is 4.79 Å². The lowest BCUT2D eigenvalue weighted by Crippen LogP contribution is -2.56. The van der Waals surface area contributed by atoms with Crippen LogP contribution in [0.4, 0.5) is 0 Å². The van der Waals surface area contributed by atoms with E-state index in [1.807, 2.05) is 0 Å². The van der Waals surface area contributed by atoms with Crippen LogP contribution < -0.4 is 0 Å². The fourth-order valence-corrected chi connectivity index (χ4v) is 0.500. The van der Waals surface area contributed by atoms with Crippen LogP contribution in [0.5, 0.6) is 0 Å². The molecule has 9 heteroatoms. The van der Waals surface area contributed by atoms with Crippen molar-refractivity contribution >= 4 is 5.97 Å². The number of aliphatic carboxylic acids is 1. The highest BCUT2D eigenvalue weighted by molar-refractivity contribution is 5.73. The van der Waals surface area contributed by atoms with Gasteiger partial charge in [0.15, 0.2) is 0 Å². The van der Waals surface area contributed by atoms with Crippen LogP contribution >= 0.6 is 0 Å². The SMILES string of the molecule is CC(C(O)C(=O)O)([N+](=O)[O-])[N+](=O)[O-]. The monoisotopic (exact) mass is 194 g/mol. The molecule has 0 amide bonds. The van der Waals surface area contributed by atoms with Gasteiger partial charge >= 0.3 is 11.6 Å². The van der Waals surface area contributed by atoms with Crippen LogP contribution in [0.15, 0.2) is 0 Å². The van der Waals surface area contributed by atoms with Crippen LogP contribution in [0.25, 0.3) is 0 Å². The Balaban J connectivity index is 5.13. The largest absolute Gasteiger partial charge is 0.491 e. The second-order valence-corrected chi connectivity index (χ2v) is 2.35. The Hall–Kier alpha value is -1.77. The molecule has 13 heavy (non-hydrogen) atoms. The Morgan fingerprint density at radius 3 is 1.77 bits per heavy atom. The number of hydrogen-bond acceptors (Lipinski definition) is 6. The van der Waals surface area contributed by atoms with Crippen molar-refractivity contribution in [3.63, 3.8) is 0 Å². The van der Waals surface area contributed by atoms with Gasteiger partial charge < -0.3 is 10.2 Å². The van der Waals surface area contributed by atoms with Crippen molar-refractivity contribution in [3.8, 4) is 0 Å². The van der Waals surface area contributed by atoms with Gasteiger partial charge in [-0.05, 0) is 0 Å². The van der Waals surface area contributed by atoms with Crippen molar-refractivity contribution < 1.29 is 24.9 Å². The van der Waals surface area contributed by atoms with E-state index in [4.69, 9.17) is 10.2 Å². The molecule has 0 aliphatic heterocycles. The summed E-state index contributed by atoms with van der Waals surface area (Å²) in [4.78, 5) is 27.5. The molecule has 74 valence electrons. The molecule has 0 radical (unpaired) electrons. The molecule has 0 fully saturated rings. The molecule has 0 bridgehead atoms. The highest BCUT2D eigenvalue weighted by Gasteiger charge is 2.61. The molecule has 0 spiro atoms.